The van der Waals surface area contributed by atoms with E-state index in [0.717, 1.165) is 10.0 Å². The summed E-state index contributed by atoms with van der Waals surface area (Å²) >= 11 is 3.37. The molecular formula is C18H17BrFNO3. The first-order valence-corrected chi connectivity index (χ1v) is 8.13. The Labute approximate surface area is 148 Å². The van der Waals surface area contributed by atoms with Crippen LogP contribution in [0, 0.1) is 5.82 Å². The molecule has 0 aliphatic heterocycles. The maximum Gasteiger partial charge on any atom is 0.328 e. The zero-order chi connectivity index (χ0) is 17.5. The summed E-state index contributed by atoms with van der Waals surface area (Å²) in [6, 6.07) is 12.4. The third-order valence-corrected chi connectivity index (χ3v) is 3.92. The average molecular weight is 394 g/mol. The van der Waals surface area contributed by atoms with Crippen molar-refractivity contribution < 1.29 is 18.7 Å². The maximum atomic E-state index is 12.9. The number of hydrogen-bond acceptors (Lipinski definition) is 3. The number of benzene rings is 2. The van der Waals surface area contributed by atoms with Crippen LogP contribution in [0.1, 0.15) is 11.1 Å². The highest BCUT2D eigenvalue weighted by molar-refractivity contribution is 9.10. The van der Waals surface area contributed by atoms with Crippen LogP contribution in [0.4, 0.5) is 4.39 Å². The van der Waals surface area contributed by atoms with Crippen molar-refractivity contribution in [2.24, 2.45) is 0 Å². The fourth-order valence-electron chi connectivity index (χ4n) is 2.27. The van der Waals surface area contributed by atoms with E-state index in [1.165, 1.54) is 31.4 Å². The zero-order valence-electron chi connectivity index (χ0n) is 13.1. The highest BCUT2D eigenvalue weighted by Gasteiger charge is 2.22. The Morgan fingerprint density at radius 1 is 1.17 bits per heavy atom. The van der Waals surface area contributed by atoms with E-state index in [9.17, 15) is 14.0 Å². The quantitative estimate of drug-likeness (QED) is 0.767. The summed E-state index contributed by atoms with van der Waals surface area (Å²) in [5.41, 5.74) is 1.56. The molecule has 0 fully saturated rings. The third kappa shape index (κ3) is 5.45. The minimum atomic E-state index is -0.780. The molecule has 2 rings (SSSR count). The van der Waals surface area contributed by atoms with Gasteiger partial charge in [-0.05, 0) is 35.4 Å². The van der Waals surface area contributed by atoms with Crippen molar-refractivity contribution in [1.29, 1.82) is 0 Å². The second-order valence-electron chi connectivity index (χ2n) is 5.28. The van der Waals surface area contributed by atoms with Gasteiger partial charge in [0, 0.05) is 10.9 Å². The molecule has 6 heteroatoms. The van der Waals surface area contributed by atoms with Crippen molar-refractivity contribution in [1.82, 2.24) is 5.32 Å². The Kier molecular flexibility index (Phi) is 6.49. The van der Waals surface area contributed by atoms with Crippen molar-refractivity contribution in [3.8, 4) is 0 Å². The van der Waals surface area contributed by atoms with E-state index < -0.39 is 12.0 Å². The molecule has 0 unspecified atom stereocenters. The van der Waals surface area contributed by atoms with Crippen LogP contribution in [0.5, 0.6) is 0 Å². The first kappa shape index (κ1) is 18.1. The molecule has 0 radical (unpaired) electrons. The molecule has 24 heavy (non-hydrogen) atoms. The number of ether oxygens (including phenoxy) is 1. The topological polar surface area (TPSA) is 55.4 Å². The van der Waals surface area contributed by atoms with Crippen LogP contribution in [0.3, 0.4) is 0 Å². The molecule has 2 aromatic carbocycles. The summed E-state index contributed by atoms with van der Waals surface area (Å²) < 4.78 is 18.6. The van der Waals surface area contributed by atoms with Crippen molar-refractivity contribution in [2.45, 2.75) is 18.9 Å². The molecule has 0 saturated carbocycles. The minimum absolute atomic E-state index is 0.0618. The lowest BCUT2D eigenvalue weighted by Gasteiger charge is -2.17. The average Bonchev–Trinajstić information content (AvgIpc) is 2.55. The molecule has 0 aliphatic carbocycles. The summed E-state index contributed by atoms with van der Waals surface area (Å²) in [5.74, 6) is -1.20. The van der Waals surface area contributed by atoms with Crippen molar-refractivity contribution in [3.63, 3.8) is 0 Å². The fraction of sp³-hybridized carbons (Fsp3) is 0.222. The SMILES string of the molecule is COC(=O)[C@@H](Cc1cccc(Br)c1)NC(=O)Cc1ccc(F)cc1. The van der Waals surface area contributed by atoms with Crippen LogP contribution >= 0.6 is 15.9 Å². The molecule has 0 spiro atoms. The maximum absolute atomic E-state index is 12.9. The number of hydrogen-bond donors (Lipinski definition) is 1. The number of halogens is 2. The van der Waals surface area contributed by atoms with Crippen LogP contribution in [0.15, 0.2) is 53.0 Å². The number of rotatable bonds is 6. The van der Waals surface area contributed by atoms with Crippen molar-refractivity contribution >= 4 is 27.8 Å². The molecular weight excluding hydrogens is 377 g/mol. The summed E-state index contributed by atoms with van der Waals surface area (Å²) in [7, 11) is 1.28. The van der Waals surface area contributed by atoms with Crippen LogP contribution in [0.25, 0.3) is 0 Å². The number of esters is 1. The molecule has 126 valence electrons. The van der Waals surface area contributed by atoms with E-state index in [1.807, 2.05) is 24.3 Å². The highest BCUT2D eigenvalue weighted by atomic mass is 79.9. The predicted octanol–water partition coefficient (Wildman–Crippen LogP) is 3.03. The number of carbonyl (C=O) groups is 2. The van der Waals surface area contributed by atoms with Gasteiger partial charge >= 0.3 is 5.97 Å². The van der Waals surface area contributed by atoms with Gasteiger partial charge in [-0.2, -0.15) is 0 Å². The summed E-state index contributed by atoms with van der Waals surface area (Å²) in [6.07, 6.45) is 0.382. The Morgan fingerprint density at radius 3 is 2.50 bits per heavy atom. The fourth-order valence-corrected chi connectivity index (χ4v) is 2.71. The summed E-state index contributed by atoms with van der Waals surface area (Å²) in [6.45, 7) is 0. The van der Waals surface area contributed by atoms with Crippen molar-refractivity contribution in [3.05, 3.63) is 69.9 Å². The lowest BCUT2D eigenvalue weighted by atomic mass is 10.1. The first-order valence-electron chi connectivity index (χ1n) is 7.34. The molecule has 0 heterocycles. The van der Waals surface area contributed by atoms with E-state index in [4.69, 9.17) is 4.74 Å². The number of amides is 1. The Bertz CT molecular complexity index is 718. The van der Waals surface area contributed by atoms with Gasteiger partial charge in [-0.25, -0.2) is 9.18 Å². The first-order chi connectivity index (χ1) is 11.5. The molecule has 1 atom stereocenters. The number of carbonyl (C=O) groups excluding carboxylic acids is 2. The van der Waals surface area contributed by atoms with Gasteiger partial charge in [0.1, 0.15) is 11.9 Å². The van der Waals surface area contributed by atoms with Crippen LogP contribution < -0.4 is 5.32 Å². The highest BCUT2D eigenvalue weighted by Crippen LogP contribution is 2.14. The van der Waals surface area contributed by atoms with Gasteiger partial charge in [-0.15, -0.1) is 0 Å². The third-order valence-electron chi connectivity index (χ3n) is 3.43. The van der Waals surface area contributed by atoms with E-state index >= 15 is 0 Å². The van der Waals surface area contributed by atoms with E-state index in [1.54, 1.807) is 0 Å². The van der Waals surface area contributed by atoms with Crippen LogP contribution in [-0.2, 0) is 27.2 Å². The van der Waals surface area contributed by atoms with Gasteiger partial charge in [-0.1, -0.05) is 40.2 Å². The molecule has 0 aromatic heterocycles. The van der Waals surface area contributed by atoms with Gasteiger partial charge in [0.2, 0.25) is 5.91 Å². The molecule has 1 N–H and O–H groups in total. The standard InChI is InChI=1S/C18H17BrFNO3/c1-24-18(23)16(10-13-3-2-4-14(19)9-13)21-17(22)11-12-5-7-15(20)8-6-12/h2-9,16H,10-11H2,1H3,(H,21,22)/t16-/m1/s1. The monoisotopic (exact) mass is 393 g/mol. The predicted molar refractivity (Wildman–Crippen MR) is 91.9 cm³/mol. The largest absolute Gasteiger partial charge is 0.467 e. The summed E-state index contributed by atoms with van der Waals surface area (Å²) in [4.78, 5) is 24.1. The Morgan fingerprint density at radius 2 is 1.88 bits per heavy atom. The zero-order valence-corrected chi connectivity index (χ0v) is 14.7. The lowest BCUT2D eigenvalue weighted by Crippen LogP contribution is -2.43. The van der Waals surface area contributed by atoms with E-state index in [0.29, 0.717) is 12.0 Å². The molecule has 0 bridgehead atoms. The van der Waals surface area contributed by atoms with Gasteiger partial charge < -0.3 is 10.1 Å². The number of methoxy groups -OCH3 is 1. The lowest BCUT2D eigenvalue weighted by molar-refractivity contribution is -0.145. The smallest absolute Gasteiger partial charge is 0.328 e. The van der Waals surface area contributed by atoms with E-state index in [-0.39, 0.29) is 18.1 Å². The molecule has 0 aliphatic rings. The second-order valence-corrected chi connectivity index (χ2v) is 6.20. The normalized spacial score (nSPS) is 11.6. The van der Waals surface area contributed by atoms with Gasteiger partial charge in [0.25, 0.3) is 0 Å². The number of nitrogens with one attached hydrogen (secondary N) is 1. The van der Waals surface area contributed by atoms with Gasteiger partial charge in [0.15, 0.2) is 0 Å². The second kappa shape index (κ2) is 8.59. The van der Waals surface area contributed by atoms with E-state index in [2.05, 4.69) is 21.2 Å². The molecule has 4 nitrogen and oxygen atoms in total. The van der Waals surface area contributed by atoms with Crippen molar-refractivity contribution in [2.75, 3.05) is 7.11 Å². The van der Waals surface area contributed by atoms with Crippen LogP contribution in [0.2, 0.25) is 0 Å². The molecule has 2 aromatic rings. The summed E-state index contributed by atoms with van der Waals surface area (Å²) in [5, 5.41) is 2.68. The van der Waals surface area contributed by atoms with Crippen LogP contribution in [-0.4, -0.2) is 25.0 Å². The Balaban J connectivity index is 2.03. The van der Waals surface area contributed by atoms with Gasteiger partial charge in [0.05, 0.1) is 13.5 Å². The molecule has 1 amide bonds. The molecule has 0 saturated heterocycles. The van der Waals surface area contributed by atoms with Gasteiger partial charge in [-0.3, -0.25) is 4.79 Å². The minimum Gasteiger partial charge on any atom is -0.467 e. The Hall–Kier alpha value is -2.21.